The summed E-state index contributed by atoms with van der Waals surface area (Å²) in [7, 11) is 0. The lowest BCUT2D eigenvalue weighted by Crippen LogP contribution is -2.40. The van der Waals surface area contributed by atoms with Crippen LogP contribution in [-0.2, 0) is 9.59 Å². The molecule has 0 aromatic carbocycles. The smallest absolute Gasteiger partial charge is 0.303 e. The molecule has 0 radical (unpaired) electrons. The van der Waals surface area contributed by atoms with Crippen LogP contribution in [-0.4, -0.2) is 47.6 Å². The molecule has 17 heavy (non-hydrogen) atoms. The fourth-order valence-corrected chi connectivity index (χ4v) is 2.10. The zero-order valence-electron chi connectivity index (χ0n) is 10.6. The van der Waals surface area contributed by atoms with Crippen LogP contribution >= 0.6 is 0 Å². The van der Waals surface area contributed by atoms with Crippen molar-refractivity contribution in [1.29, 1.82) is 0 Å². The van der Waals surface area contributed by atoms with Crippen LogP contribution in [0.15, 0.2) is 0 Å². The predicted molar refractivity (Wildman–Crippen MR) is 64.7 cm³/mol. The van der Waals surface area contributed by atoms with Gasteiger partial charge in [0.15, 0.2) is 0 Å². The summed E-state index contributed by atoms with van der Waals surface area (Å²) in [5.41, 5.74) is 0. The van der Waals surface area contributed by atoms with Crippen LogP contribution in [0.1, 0.15) is 33.1 Å². The molecule has 0 bridgehead atoms. The lowest BCUT2D eigenvalue weighted by molar-refractivity contribution is -0.138. The van der Waals surface area contributed by atoms with Gasteiger partial charge in [-0.05, 0) is 32.2 Å². The second-order valence-corrected chi connectivity index (χ2v) is 4.86. The lowest BCUT2D eigenvalue weighted by atomic mass is 10.1. The molecule has 0 spiro atoms. The minimum atomic E-state index is -0.749. The first-order valence-electron chi connectivity index (χ1n) is 6.24. The standard InChI is InChI=1S/C12H22N2O3/c1-3-9(2)13-11(15)8-14-5-4-10(7-14)6-12(16)17/h9-10H,3-8H2,1-2H3,(H,13,15)(H,16,17). The lowest BCUT2D eigenvalue weighted by Gasteiger charge is -2.17. The zero-order chi connectivity index (χ0) is 12.8. The Balaban J connectivity index is 2.25. The van der Waals surface area contributed by atoms with Gasteiger partial charge >= 0.3 is 5.97 Å². The molecule has 1 saturated heterocycles. The Bertz CT molecular complexity index is 281. The quantitative estimate of drug-likeness (QED) is 0.719. The maximum Gasteiger partial charge on any atom is 0.303 e. The van der Waals surface area contributed by atoms with Crippen molar-refractivity contribution >= 4 is 11.9 Å². The number of rotatable bonds is 6. The van der Waals surface area contributed by atoms with Crippen LogP contribution in [0.4, 0.5) is 0 Å². The monoisotopic (exact) mass is 242 g/mol. The van der Waals surface area contributed by atoms with Gasteiger partial charge in [-0.1, -0.05) is 6.92 Å². The molecule has 1 aliphatic heterocycles. The van der Waals surface area contributed by atoms with Crippen molar-refractivity contribution in [3.8, 4) is 0 Å². The largest absolute Gasteiger partial charge is 0.481 e. The number of aliphatic carboxylic acids is 1. The number of hydrogen-bond donors (Lipinski definition) is 2. The van der Waals surface area contributed by atoms with Crippen molar-refractivity contribution in [2.75, 3.05) is 19.6 Å². The third kappa shape index (κ3) is 5.17. The Kier molecular flexibility index (Phi) is 5.41. The van der Waals surface area contributed by atoms with E-state index in [0.29, 0.717) is 6.54 Å². The van der Waals surface area contributed by atoms with E-state index < -0.39 is 5.97 Å². The van der Waals surface area contributed by atoms with E-state index in [1.807, 2.05) is 18.7 Å². The summed E-state index contributed by atoms with van der Waals surface area (Å²) in [6.07, 6.45) is 2.01. The Labute approximate surface area is 102 Å². The highest BCUT2D eigenvalue weighted by atomic mass is 16.4. The number of likely N-dealkylation sites (tertiary alicyclic amines) is 1. The highest BCUT2D eigenvalue weighted by Gasteiger charge is 2.25. The average molecular weight is 242 g/mol. The summed E-state index contributed by atoms with van der Waals surface area (Å²) in [4.78, 5) is 24.2. The third-order valence-corrected chi connectivity index (χ3v) is 3.22. The summed E-state index contributed by atoms with van der Waals surface area (Å²) >= 11 is 0. The van der Waals surface area contributed by atoms with E-state index in [1.165, 1.54) is 0 Å². The molecule has 0 aromatic rings. The maximum atomic E-state index is 11.6. The van der Waals surface area contributed by atoms with Crippen LogP contribution in [0, 0.1) is 5.92 Å². The first-order valence-corrected chi connectivity index (χ1v) is 6.24. The molecule has 0 aromatic heterocycles. The normalized spacial score (nSPS) is 22.4. The van der Waals surface area contributed by atoms with Gasteiger partial charge in [-0.3, -0.25) is 14.5 Å². The zero-order valence-corrected chi connectivity index (χ0v) is 10.6. The number of nitrogens with one attached hydrogen (secondary N) is 1. The summed E-state index contributed by atoms with van der Waals surface area (Å²) in [6.45, 7) is 5.95. The van der Waals surface area contributed by atoms with Crippen molar-refractivity contribution in [3.63, 3.8) is 0 Å². The van der Waals surface area contributed by atoms with Crippen molar-refractivity contribution in [2.24, 2.45) is 5.92 Å². The van der Waals surface area contributed by atoms with E-state index in [4.69, 9.17) is 5.11 Å². The number of carboxylic acids is 1. The highest BCUT2D eigenvalue weighted by Crippen LogP contribution is 2.18. The summed E-state index contributed by atoms with van der Waals surface area (Å²) in [5, 5.41) is 11.6. The maximum absolute atomic E-state index is 11.6. The van der Waals surface area contributed by atoms with E-state index in [2.05, 4.69) is 5.32 Å². The van der Waals surface area contributed by atoms with E-state index in [1.54, 1.807) is 0 Å². The molecule has 2 atom stereocenters. The van der Waals surface area contributed by atoms with E-state index >= 15 is 0 Å². The number of carbonyl (C=O) groups is 2. The fourth-order valence-electron chi connectivity index (χ4n) is 2.10. The summed E-state index contributed by atoms with van der Waals surface area (Å²) in [5.74, 6) is -0.514. The molecular weight excluding hydrogens is 220 g/mol. The van der Waals surface area contributed by atoms with Gasteiger partial charge in [0.1, 0.15) is 0 Å². The second kappa shape index (κ2) is 6.59. The molecule has 0 saturated carbocycles. The Morgan fingerprint density at radius 1 is 1.53 bits per heavy atom. The highest BCUT2D eigenvalue weighted by molar-refractivity contribution is 5.78. The minimum absolute atomic E-state index is 0.0373. The van der Waals surface area contributed by atoms with Gasteiger partial charge in [0.05, 0.1) is 6.54 Å². The van der Waals surface area contributed by atoms with Crippen molar-refractivity contribution < 1.29 is 14.7 Å². The first kappa shape index (κ1) is 14.0. The molecule has 2 unspecified atom stereocenters. The van der Waals surface area contributed by atoms with Crippen LogP contribution < -0.4 is 5.32 Å². The minimum Gasteiger partial charge on any atom is -0.481 e. The molecule has 1 amide bonds. The number of hydrogen-bond acceptors (Lipinski definition) is 3. The molecule has 1 heterocycles. The van der Waals surface area contributed by atoms with Gasteiger partial charge in [0.25, 0.3) is 0 Å². The van der Waals surface area contributed by atoms with Gasteiger partial charge in [-0.15, -0.1) is 0 Å². The molecule has 0 aliphatic carbocycles. The molecule has 1 aliphatic rings. The van der Waals surface area contributed by atoms with E-state index in [9.17, 15) is 9.59 Å². The molecule has 1 fully saturated rings. The van der Waals surface area contributed by atoms with Gasteiger partial charge in [-0.2, -0.15) is 0 Å². The van der Waals surface area contributed by atoms with Gasteiger partial charge in [0.2, 0.25) is 5.91 Å². The van der Waals surface area contributed by atoms with Gasteiger partial charge in [0, 0.05) is 19.0 Å². The summed E-state index contributed by atoms with van der Waals surface area (Å²) in [6, 6.07) is 0.208. The molecule has 5 nitrogen and oxygen atoms in total. The summed E-state index contributed by atoms with van der Waals surface area (Å²) < 4.78 is 0. The molecule has 1 rings (SSSR count). The Morgan fingerprint density at radius 2 is 2.24 bits per heavy atom. The van der Waals surface area contributed by atoms with Crippen molar-refractivity contribution in [2.45, 2.75) is 39.2 Å². The van der Waals surface area contributed by atoms with Crippen LogP contribution in [0.5, 0.6) is 0 Å². The molecule has 98 valence electrons. The van der Waals surface area contributed by atoms with Crippen molar-refractivity contribution in [3.05, 3.63) is 0 Å². The number of amides is 1. The van der Waals surface area contributed by atoms with Crippen LogP contribution in [0.25, 0.3) is 0 Å². The van der Waals surface area contributed by atoms with Crippen molar-refractivity contribution in [1.82, 2.24) is 10.2 Å². The topological polar surface area (TPSA) is 69.6 Å². The Hall–Kier alpha value is -1.10. The van der Waals surface area contributed by atoms with E-state index in [-0.39, 0.29) is 24.3 Å². The second-order valence-electron chi connectivity index (χ2n) is 4.86. The predicted octanol–water partition coefficient (Wildman–Crippen LogP) is 0.698. The SMILES string of the molecule is CCC(C)NC(=O)CN1CCC(CC(=O)O)C1. The number of carboxylic acid groups (broad SMARTS) is 1. The third-order valence-electron chi connectivity index (χ3n) is 3.22. The van der Waals surface area contributed by atoms with E-state index in [0.717, 1.165) is 25.9 Å². The fraction of sp³-hybridized carbons (Fsp3) is 0.833. The van der Waals surface area contributed by atoms with Gasteiger partial charge in [-0.25, -0.2) is 0 Å². The van der Waals surface area contributed by atoms with Crippen LogP contribution in [0.3, 0.4) is 0 Å². The average Bonchev–Trinajstić information content (AvgIpc) is 2.63. The number of carbonyl (C=O) groups excluding carboxylic acids is 1. The van der Waals surface area contributed by atoms with Gasteiger partial charge < -0.3 is 10.4 Å². The number of nitrogens with zero attached hydrogens (tertiary/aromatic N) is 1. The molecular formula is C12H22N2O3. The van der Waals surface area contributed by atoms with Crippen LogP contribution in [0.2, 0.25) is 0 Å². The molecule has 2 N–H and O–H groups in total. The Morgan fingerprint density at radius 3 is 2.82 bits per heavy atom. The molecule has 5 heteroatoms. The first-order chi connectivity index (χ1) is 8.01.